The molecule has 2 aromatic carbocycles. The van der Waals surface area contributed by atoms with E-state index in [1.165, 1.54) is 11.1 Å². The van der Waals surface area contributed by atoms with Crippen molar-refractivity contribution in [1.82, 2.24) is 7.96 Å². The van der Waals surface area contributed by atoms with Crippen LogP contribution in [0.2, 0.25) is 0 Å². The number of rotatable bonds is 4. The van der Waals surface area contributed by atoms with E-state index in [0.29, 0.717) is 0 Å². The Hall–Kier alpha value is -1.64. The zero-order valence-electron chi connectivity index (χ0n) is 11.6. The van der Waals surface area contributed by atoms with Gasteiger partial charge in [-0.2, -0.15) is 0 Å². The van der Waals surface area contributed by atoms with Gasteiger partial charge in [0, 0.05) is 0 Å². The molecule has 0 saturated carbocycles. The SMILES string of the molecule is CCc1ccc(C(C)Nc2cccc3n[se]nc23)cc1. The second-order valence-electron chi connectivity index (χ2n) is 4.90. The number of hydrogen-bond acceptors (Lipinski definition) is 3. The van der Waals surface area contributed by atoms with Gasteiger partial charge in [-0.1, -0.05) is 0 Å². The van der Waals surface area contributed by atoms with Gasteiger partial charge in [0.25, 0.3) is 0 Å². The van der Waals surface area contributed by atoms with Crippen molar-refractivity contribution in [3.8, 4) is 0 Å². The van der Waals surface area contributed by atoms with Crippen molar-refractivity contribution in [2.75, 3.05) is 5.32 Å². The molecule has 102 valence electrons. The zero-order valence-corrected chi connectivity index (χ0v) is 13.3. The molecule has 1 unspecified atom stereocenters. The summed E-state index contributed by atoms with van der Waals surface area (Å²) < 4.78 is 8.93. The van der Waals surface area contributed by atoms with E-state index in [0.717, 1.165) is 23.1 Å². The van der Waals surface area contributed by atoms with Crippen LogP contribution >= 0.6 is 0 Å². The molecule has 4 heteroatoms. The van der Waals surface area contributed by atoms with Crippen LogP contribution in [0.25, 0.3) is 11.0 Å². The van der Waals surface area contributed by atoms with Gasteiger partial charge in [-0.3, -0.25) is 0 Å². The van der Waals surface area contributed by atoms with E-state index in [-0.39, 0.29) is 21.0 Å². The zero-order chi connectivity index (χ0) is 13.9. The van der Waals surface area contributed by atoms with E-state index in [1.807, 2.05) is 12.1 Å². The first-order valence-electron chi connectivity index (χ1n) is 6.84. The summed E-state index contributed by atoms with van der Waals surface area (Å²) in [4.78, 5) is 0. The quantitative estimate of drug-likeness (QED) is 0.745. The number of benzene rings is 2. The standard InChI is InChI=1S/C16H17N3Se/c1-3-12-7-9-13(10-8-12)11(2)17-14-5-4-6-15-16(14)19-20-18-15/h4-11,17H,3H2,1-2H3. The fourth-order valence-electron chi connectivity index (χ4n) is 2.28. The van der Waals surface area contributed by atoms with Gasteiger partial charge in [-0.25, -0.2) is 0 Å². The summed E-state index contributed by atoms with van der Waals surface area (Å²) >= 11 is 0.0200. The van der Waals surface area contributed by atoms with Crippen molar-refractivity contribution in [1.29, 1.82) is 0 Å². The number of aryl methyl sites for hydroxylation is 1. The molecule has 0 saturated heterocycles. The van der Waals surface area contributed by atoms with Crippen LogP contribution in [-0.2, 0) is 6.42 Å². The van der Waals surface area contributed by atoms with Crippen LogP contribution in [0.15, 0.2) is 42.5 Å². The molecular formula is C16H17N3Se. The average Bonchev–Trinajstić information content (AvgIpc) is 2.97. The van der Waals surface area contributed by atoms with Gasteiger partial charge in [0.05, 0.1) is 0 Å². The number of hydrogen-bond donors (Lipinski definition) is 1. The predicted molar refractivity (Wildman–Crippen MR) is 84.3 cm³/mol. The molecule has 1 heterocycles. The van der Waals surface area contributed by atoms with E-state index < -0.39 is 0 Å². The van der Waals surface area contributed by atoms with Crippen molar-refractivity contribution in [3.05, 3.63) is 53.6 Å². The monoisotopic (exact) mass is 331 g/mol. The summed E-state index contributed by atoms with van der Waals surface area (Å²) in [5.74, 6) is 0. The Morgan fingerprint density at radius 1 is 1.10 bits per heavy atom. The predicted octanol–water partition coefficient (Wildman–Crippen LogP) is 3.42. The Kier molecular flexibility index (Phi) is 3.86. The minimum absolute atomic E-state index is 0.0200. The molecule has 0 radical (unpaired) electrons. The van der Waals surface area contributed by atoms with Crippen LogP contribution in [0.3, 0.4) is 0 Å². The molecule has 1 atom stereocenters. The third kappa shape index (κ3) is 2.62. The second-order valence-corrected chi connectivity index (χ2v) is 6.01. The fraction of sp³-hybridized carbons (Fsp3) is 0.250. The molecule has 3 aromatic rings. The third-order valence-electron chi connectivity index (χ3n) is 3.55. The van der Waals surface area contributed by atoms with E-state index >= 15 is 0 Å². The van der Waals surface area contributed by atoms with Crippen molar-refractivity contribution in [2.45, 2.75) is 26.3 Å². The summed E-state index contributed by atoms with van der Waals surface area (Å²) in [7, 11) is 0. The van der Waals surface area contributed by atoms with Gasteiger partial charge in [0.1, 0.15) is 0 Å². The van der Waals surface area contributed by atoms with E-state index in [2.05, 4.69) is 57.5 Å². The van der Waals surface area contributed by atoms with Gasteiger partial charge < -0.3 is 0 Å². The molecular weight excluding hydrogens is 313 g/mol. The maximum atomic E-state index is 4.51. The molecule has 0 aliphatic carbocycles. The Balaban J connectivity index is 1.84. The topological polar surface area (TPSA) is 37.8 Å². The molecule has 20 heavy (non-hydrogen) atoms. The molecule has 3 nitrogen and oxygen atoms in total. The first-order chi connectivity index (χ1) is 9.78. The summed E-state index contributed by atoms with van der Waals surface area (Å²) in [5, 5.41) is 3.55. The summed E-state index contributed by atoms with van der Waals surface area (Å²) in [5.41, 5.74) is 5.78. The van der Waals surface area contributed by atoms with Gasteiger partial charge >= 0.3 is 125 Å². The Morgan fingerprint density at radius 2 is 1.90 bits per heavy atom. The van der Waals surface area contributed by atoms with E-state index in [9.17, 15) is 0 Å². The first kappa shape index (κ1) is 13.3. The molecule has 0 aliphatic rings. The van der Waals surface area contributed by atoms with Gasteiger partial charge in [-0.05, 0) is 0 Å². The fourth-order valence-corrected chi connectivity index (χ4v) is 3.43. The second kappa shape index (κ2) is 5.78. The Morgan fingerprint density at radius 3 is 2.65 bits per heavy atom. The Labute approximate surface area is 125 Å². The molecule has 0 amide bonds. The first-order valence-corrected chi connectivity index (χ1v) is 8.38. The van der Waals surface area contributed by atoms with Crippen molar-refractivity contribution in [3.63, 3.8) is 0 Å². The van der Waals surface area contributed by atoms with Crippen molar-refractivity contribution >= 4 is 31.7 Å². The van der Waals surface area contributed by atoms with E-state index in [1.54, 1.807) is 0 Å². The van der Waals surface area contributed by atoms with E-state index in [4.69, 9.17) is 0 Å². The van der Waals surface area contributed by atoms with Crippen LogP contribution in [0.1, 0.15) is 31.0 Å². The minimum atomic E-state index is 0.0200. The molecule has 0 aliphatic heterocycles. The van der Waals surface area contributed by atoms with Crippen LogP contribution in [0.5, 0.6) is 0 Å². The molecule has 3 rings (SSSR count). The number of nitrogens with zero attached hydrogens (tertiary/aromatic N) is 2. The molecule has 0 spiro atoms. The Bertz CT molecular complexity index is 703. The summed E-state index contributed by atoms with van der Waals surface area (Å²) in [6.07, 6.45) is 1.08. The molecule has 1 aromatic heterocycles. The average molecular weight is 330 g/mol. The molecule has 0 fully saturated rings. The van der Waals surface area contributed by atoms with Crippen LogP contribution in [-0.4, -0.2) is 22.9 Å². The van der Waals surface area contributed by atoms with Crippen molar-refractivity contribution in [2.24, 2.45) is 0 Å². The van der Waals surface area contributed by atoms with Gasteiger partial charge in [-0.15, -0.1) is 0 Å². The molecule has 0 bridgehead atoms. The number of nitrogens with one attached hydrogen (secondary N) is 1. The molecule has 1 N–H and O–H groups in total. The maximum absolute atomic E-state index is 4.51. The van der Waals surface area contributed by atoms with Crippen LogP contribution in [0.4, 0.5) is 5.69 Å². The number of aromatic nitrogens is 2. The summed E-state index contributed by atoms with van der Waals surface area (Å²) in [6.45, 7) is 4.36. The summed E-state index contributed by atoms with van der Waals surface area (Å²) in [6, 6.07) is 15.2. The van der Waals surface area contributed by atoms with Crippen molar-refractivity contribution < 1.29 is 0 Å². The van der Waals surface area contributed by atoms with Crippen LogP contribution in [0, 0.1) is 0 Å². The van der Waals surface area contributed by atoms with Gasteiger partial charge in [0.2, 0.25) is 0 Å². The van der Waals surface area contributed by atoms with Crippen LogP contribution < -0.4 is 5.32 Å². The number of anilines is 1. The van der Waals surface area contributed by atoms with Gasteiger partial charge in [0.15, 0.2) is 0 Å². The third-order valence-corrected chi connectivity index (χ3v) is 4.68. The number of fused-ring (bicyclic) bond motifs is 1. The normalized spacial score (nSPS) is 12.5.